The van der Waals surface area contributed by atoms with Crippen LogP contribution >= 0.6 is 0 Å². The van der Waals surface area contributed by atoms with Crippen molar-refractivity contribution in [3.05, 3.63) is 29.3 Å². The molecule has 2 fully saturated rings. The molecule has 1 spiro atoms. The van der Waals surface area contributed by atoms with E-state index in [2.05, 4.69) is 4.90 Å². The summed E-state index contributed by atoms with van der Waals surface area (Å²) < 4.78 is 23.8. The van der Waals surface area contributed by atoms with Crippen molar-refractivity contribution in [2.24, 2.45) is 5.41 Å². The Morgan fingerprint density at radius 2 is 1.83 bits per heavy atom. The lowest BCUT2D eigenvalue weighted by Gasteiger charge is -2.34. The molecule has 1 aliphatic carbocycles. The number of anilines is 1. The zero-order chi connectivity index (χ0) is 17.4. The highest BCUT2D eigenvalue weighted by molar-refractivity contribution is 7.90. The topological polar surface area (TPSA) is 94.9 Å². The summed E-state index contributed by atoms with van der Waals surface area (Å²) in [6.45, 7) is 1.22. The van der Waals surface area contributed by atoms with Crippen LogP contribution in [0.5, 0.6) is 0 Å². The van der Waals surface area contributed by atoms with Crippen LogP contribution in [0.15, 0.2) is 18.2 Å². The van der Waals surface area contributed by atoms with Gasteiger partial charge in [0.05, 0.1) is 29.4 Å². The Labute approximate surface area is 142 Å². The van der Waals surface area contributed by atoms with Crippen molar-refractivity contribution in [1.82, 2.24) is 0 Å². The van der Waals surface area contributed by atoms with Crippen molar-refractivity contribution >= 4 is 21.5 Å². The number of rotatable bonds is 6. The van der Waals surface area contributed by atoms with Gasteiger partial charge in [-0.1, -0.05) is 6.07 Å². The number of nitrogens with zero attached hydrogens (tertiary/aromatic N) is 1. The van der Waals surface area contributed by atoms with Crippen LogP contribution in [-0.4, -0.2) is 50.0 Å². The lowest BCUT2D eigenvalue weighted by Crippen LogP contribution is -2.35. The molecular formula is C17H23NO5S. The third-order valence-electron chi connectivity index (χ3n) is 5.20. The number of aliphatic hydroxyl groups excluding tert-OH is 1. The zero-order valence-electron chi connectivity index (χ0n) is 13.6. The first kappa shape index (κ1) is 17.2. The minimum Gasteiger partial charge on any atom is -0.478 e. The maximum Gasteiger partial charge on any atom is 0.337 e. The monoisotopic (exact) mass is 353 g/mol. The van der Waals surface area contributed by atoms with E-state index in [0.29, 0.717) is 16.7 Å². The number of carbonyl (C=O) groups is 1. The Balaban J connectivity index is 1.85. The van der Waals surface area contributed by atoms with Crippen molar-refractivity contribution in [2.75, 3.05) is 30.3 Å². The SMILES string of the molecule is O=C(O)c1ccc(CS(=O)(=O)CCO)cc1N1CCC2(CC1)CC2. The summed E-state index contributed by atoms with van der Waals surface area (Å²) in [6.07, 6.45) is 4.68. The Morgan fingerprint density at radius 1 is 1.17 bits per heavy atom. The van der Waals surface area contributed by atoms with Gasteiger partial charge in [0.1, 0.15) is 0 Å². The van der Waals surface area contributed by atoms with E-state index in [4.69, 9.17) is 5.11 Å². The first-order valence-electron chi connectivity index (χ1n) is 8.27. The van der Waals surface area contributed by atoms with E-state index in [1.54, 1.807) is 12.1 Å². The smallest absolute Gasteiger partial charge is 0.337 e. The largest absolute Gasteiger partial charge is 0.478 e. The molecular weight excluding hydrogens is 330 g/mol. The third kappa shape index (κ3) is 3.72. The van der Waals surface area contributed by atoms with Gasteiger partial charge < -0.3 is 15.1 Å². The van der Waals surface area contributed by atoms with Crippen molar-refractivity contribution < 1.29 is 23.4 Å². The Kier molecular flexibility index (Phi) is 4.57. The molecule has 24 heavy (non-hydrogen) atoms. The molecule has 0 unspecified atom stereocenters. The van der Waals surface area contributed by atoms with E-state index in [-0.39, 0.29) is 17.1 Å². The summed E-state index contributed by atoms with van der Waals surface area (Å²) in [5, 5.41) is 18.3. The number of hydrogen-bond acceptors (Lipinski definition) is 5. The molecule has 1 saturated carbocycles. The summed E-state index contributed by atoms with van der Waals surface area (Å²) in [5.74, 6) is -1.46. The maximum atomic E-state index is 11.9. The fourth-order valence-corrected chi connectivity index (χ4v) is 4.58. The van der Waals surface area contributed by atoms with Gasteiger partial charge in [0.25, 0.3) is 0 Å². The molecule has 3 rings (SSSR count). The van der Waals surface area contributed by atoms with Gasteiger partial charge in [0, 0.05) is 13.1 Å². The second-order valence-electron chi connectivity index (χ2n) is 6.96. The van der Waals surface area contributed by atoms with Gasteiger partial charge in [-0.3, -0.25) is 0 Å². The summed E-state index contributed by atoms with van der Waals surface area (Å²) >= 11 is 0. The molecule has 1 aromatic rings. The van der Waals surface area contributed by atoms with Crippen LogP contribution in [0.3, 0.4) is 0 Å². The molecule has 0 amide bonds. The van der Waals surface area contributed by atoms with Gasteiger partial charge in [-0.25, -0.2) is 13.2 Å². The number of hydrogen-bond donors (Lipinski definition) is 2. The van der Waals surface area contributed by atoms with Crippen molar-refractivity contribution in [2.45, 2.75) is 31.4 Å². The van der Waals surface area contributed by atoms with Crippen molar-refractivity contribution in [1.29, 1.82) is 0 Å². The quantitative estimate of drug-likeness (QED) is 0.808. The lowest BCUT2D eigenvalue weighted by molar-refractivity contribution is 0.0697. The highest BCUT2D eigenvalue weighted by atomic mass is 32.2. The fourth-order valence-electron chi connectivity index (χ4n) is 3.47. The van der Waals surface area contributed by atoms with Gasteiger partial charge in [-0.05, 0) is 48.8 Å². The Morgan fingerprint density at radius 3 is 2.38 bits per heavy atom. The van der Waals surface area contributed by atoms with E-state index >= 15 is 0 Å². The molecule has 6 nitrogen and oxygen atoms in total. The van der Waals surface area contributed by atoms with Crippen LogP contribution in [0.2, 0.25) is 0 Å². The average Bonchev–Trinajstić information content (AvgIpc) is 3.26. The molecule has 0 aromatic heterocycles. The van der Waals surface area contributed by atoms with E-state index < -0.39 is 22.4 Å². The summed E-state index contributed by atoms with van der Waals surface area (Å²) in [5.41, 5.74) is 1.87. The van der Waals surface area contributed by atoms with Gasteiger partial charge >= 0.3 is 5.97 Å². The minimum atomic E-state index is -3.39. The second kappa shape index (κ2) is 6.37. The molecule has 132 valence electrons. The first-order valence-corrected chi connectivity index (χ1v) is 10.1. The molecule has 2 N–H and O–H groups in total. The van der Waals surface area contributed by atoms with Crippen LogP contribution in [0, 0.1) is 5.41 Å². The normalized spacial score (nSPS) is 19.5. The standard InChI is InChI=1S/C17H23NO5S/c19-9-10-24(22,23)12-13-1-2-14(16(20)21)15(11-13)18-7-5-17(3-4-17)6-8-18/h1-2,11,19H,3-10,12H2,(H,20,21). The van der Waals surface area contributed by atoms with Gasteiger partial charge in [0.15, 0.2) is 9.84 Å². The third-order valence-corrected chi connectivity index (χ3v) is 6.78. The van der Waals surface area contributed by atoms with Gasteiger partial charge in [-0.15, -0.1) is 0 Å². The number of aromatic carboxylic acids is 1. The molecule has 0 atom stereocenters. The lowest BCUT2D eigenvalue weighted by atomic mass is 9.93. The number of aliphatic hydroxyl groups is 1. The Bertz CT molecular complexity index is 729. The molecule has 1 heterocycles. The average molecular weight is 353 g/mol. The van der Waals surface area contributed by atoms with E-state index in [1.165, 1.54) is 18.9 Å². The number of sulfone groups is 1. The number of piperidine rings is 1. The van der Waals surface area contributed by atoms with Crippen LogP contribution < -0.4 is 4.90 Å². The van der Waals surface area contributed by atoms with E-state index in [0.717, 1.165) is 25.9 Å². The van der Waals surface area contributed by atoms with Crippen LogP contribution in [0.4, 0.5) is 5.69 Å². The van der Waals surface area contributed by atoms with E-state index in [9.17, 15) is 18.3 Å². The zero-order valence-corrected chi connectivity index (χ0v) is 14.4. The number of carboxylic acids is 1. The van der Waals surface area contributed by atoms with Gasteiger partial charge in [0.2, 0.25) is 0 Å². The van der Waals surface area contributed by atoms with Gasteiger partial charge in [-0.2, -0.15) is 0 Å². The minimum absolute atomic E-state index is 0.182. The second-order valence-corrected chi connectivity index (χ2v) is 9.14. The summed E-state index contributed by atoms with van der Waals surface area (Å²) in [6, 6.07) is 4.72. The van der Waals surface area contributed by atoms with Crippen molar-refractivity contribution in [3.63, 3.8) is 0 Å². The molecule has 1 saturated heterocycles. The predicted molar refractivity (Wildman–Crippen MR) is 91.1 cm³/mol. The molecule has 2 aliphatic rings. The summed E-state index contributed by atoms with van der Waals surface area (Å²) in [4.78, 5) is 13.6. The van der Waals surface area contributed by atoms with Crippen LogP contribution in [-0.2, 0) is 15.6 Å². The molecule has 0 radical (unpaired) electrons. The van der Waals surface area contributed by atoms with Crippen LogP contribution in [0.1, 0.15) is 41.6 Å². The first-order chi connectivity index (χ1) is 11.3. The number of carboxylic acid groups (broad SMARTS) is 1. The fraction of sp³-hybridized carbons (Fsp3) is 0.588. The van der Waals surface area contributed by atoms with Crippen LogP contribution in [0.25, 0.3) is 0 Å². The number of benzene rings is 1. The van der Waals surface area contributed by atoms with Crippen molar-refractivity contribution in [3.8, 4) is 0 Å². The molecule has 0 bridgehead atoms. The predicted octanol–water partition coefficient (Wildman–Crippen LogP) is 1.67. The van der Waals surface area contributed by atoms with E-state index in [1.807, 2.05) is 0 Å². The molecule has 1 aliphatic heterocycles. The summed E-state index contributed by atoms with van der Waals surface area (Å²) in [7, 11) is -3.39. The highest BCUT2D eigenvalue weighted by Crippen LogP contribution is 2.54. The Hall–Kier alpha value is -1.60. The molecule has 1 aromatic carbocycles. The highest BCUT2D eigenvalue weighted by Gasteiger charge is 2.44. The molecule has 7 heteroatoms. The maximum absolute atomic E-state index is 11.9.